The summed E-state index contributed by atoms with van der Waals surface area (Å²) in [6.07, 6.45) is 6.80. The van der Waals surface area contributed by atoms with Crippen molar-refractivity contribution in [1.82, 2.24) is 0 Å². The van der Waals surface area contributed by atoms with Gasteiger partial charge in [0.15, 0.2) is 0 Å². The Kier molecular flexibility index (Phi) is 4.63. The third kappa shape index (κ3) is 3.91. The Morgan fingerprint density at radius 3 is 2.21 bits per heavy atom. The second kappa shape index (κ2) is 6.90. The summed E-state index contributed by atoms with van der Waals surface area (Å²) >= 11 is 0. The first kappa shape index (κ1) is 12.7. The van der Waals surface area contributed by atoms with E-state index in [9.17, 15) is 4.79 Å². The van der Waals surface area contributed by atoms with Crippen LogP contribution < -0.4 is 0 Å². The first-order valence-corrected chi connectivity index (χ1v) is 5.96. The molecule has 0 aliphatic carbocycles. The average molecular weight is 247 g/mol. The molecule has 19 heavy (non-hydrogen) atoms. The maximum Gasteiger partial charge on any atom is 0.239 e. The first-order valence-electron chi connectivity index (χ1n) is 5.96. The van der Waals surface area contributed by atoms with E-state index < -0.39 is 0 Å². The van der Waals surface area contributed by atoms with Crippen molar-refractivity contribution < 1.29 is 4.79 Å². The Balaban J connectivity index is 2.40. The van der Waals surface area contributed by atoms with E-state index in [0.717, 1.165) is 16.7 Å². The van der Waals surface area contributed by atoms with E-state index in [-0.39, 0.29) is 0 Å². The minimum absolute atomic E-state index is 0.991. The number of hydrogen-bond acceptors (Lipinski definition) is 2. The summed E-state index contributed by atoms with van der Waals surface area (Å²) in [6, 6.07) is 20.0. The van der Waals surface area contributed by atoms with Crippen LogP contribution in [0.1, 0.15) is 11.1 Å². The fraction of sp³-hybridized carbons (Fsp3) is 0. The second-order valence-corrected chi connectivity index (χ2v) is 3.91. The van der Waals surface area contributed by atoms with Gasteiger partial charge < -0.3 is 0 Å². The van der Waals surface area contributed by atoms with Gasteiger partial charge >= 0.3 is 0 Å². The molecular formula is C17H13NO. The Hall–Kier alpha value is -2.70. The minimum atomic E-state index is 0.991. The van der Waals surface area contributed by atoms with Crippen LogP contribution in [0.3, 0.4) is 0 Å². The highest BCUT2D eigenvalue weighted by atomic mass is 16.1. The van der Waals surface area contributed by atoms with Crippen molar-refractivity contribution in [3.8, 4) is 0 Å². The zero-order valence-electron chi connectivity index (χ0n) is 10.4. The molecule has 0 fully saturated rings. The molecule has 2 rings (SSSR count). The number of aliphatic imine (C=N–C) groups is 1. The number of isocyanates is 1. The van der Waals surface area contributed by atoms with Gasteiger partial charge in [-0.05, 0) is 28.9 Å². The summed E-state index contributed by atoms with van der Waals surface area (Å²) in [5, 5.41) is 0. The van der Waals surface area contributed by atoms with Crippen LogP contribution in [-0.2, 0) is 4.79 Å². The average Bonchev–Trinajstić information content (AvgIpc) is 2.48. The summed E-state index contributed by atoms with van der Waals surface area (Å²) < 4.78 is 0. The van der Waals surface area contributed by atoms with E-state index in [1.165, 1.54) is 12.3 Å². The molecule has 0 aromatic heterocycles. The van der Waals surface area contributed by atoms with Crippen LogP contribution in [0.2, 0.25) is 0 Å². The van der Waals surface area contributed by atoms with Crippen molar-refractivity contribution in [3.63, 3.8) is 0 Å². The van der Waals surface area contributed by atoms with Gasteiger partial charge in [-0.2, -0.15) is 4.99 Å². The largest absolute Gasteiger partial charge is 0.239 e. The van der Waals surface area contributed by atoms with Crippen LogP contribution in [0.5, 0.6) is 0 Å². The lowest BCUT2D eigenvalue weighted by Gasteiger charge is -2.02. The predicted molar refractivity (Wildman–Crippen MR) is 78.0 cm³/mol. The lowest BCUT2D eigenvalue weighted by atomic mass is 10.0. The van der Waals surface area contributed by atoms with E-state index >= 15 is 0 Å². The summed E-state index contributed by atoms with van der Waals surface area (Å²) in [6.45, 7) is 0. The number of nitrogens with zero attached hydrogens (tertiary/aromatic N) is 1. The van der Waals surface area contributed by atoms with Crippen molar-refractivity contribution in [2.75, 3.05) is 0 Å². The Morgan fingerprint density at radius 1 is 0.947 bits per heavy atom. The smallest absolute Gasteiger partial charge is 0.211 e. The molecule has 2 heteroatoms. The Labute approximate surface area is 112 Å². The predicted octanol–water partition coefficient (Wildman–Crippen LogP) is 4.08. The lowest BCUT2D eigenvalue weighted by Crippen LogP contribution is -1.80. The maximum atomic E-state index is 10.1. The van der Waals surface area contributed by atoms with Crippen LogP contribution in [0.4, 0.5) is 0 Å². The molecular weight excluding hydrogens is 234 g/mol. The standard InChI is InChI=1S/C17H13NO/c19-14-18-12-11-17(16-9-5-2-6-10-16)13-15-7-3-1-4-8-15/h1-13H. The molecule has 0 bridgehead atoms. The number of allylic oxidation sites excluding steroid dienone is 2. The topological polar surface area (TPSA) is 29.4 Å². The summed E-state index contributed by atoms with van der Waals surface area (Å²) in [4.78, 5) is 13.6. The fourth-order valence-electron chi connectivity index (χ4n) is 1.74. The van der Waals surface area contributed by atoms with Crippen LogP contribution in [-0.4, -0.2) is 6.08 Å². The van der Waals surface area contributed by atoms with Gasteiger partial charge in [-0.25, -0.2) is 4.79 Å². The molecule has 0 heterocycles. The number of carbonyl (C=O) groups excluding carboxylic acids is 1. The molecule has 2 nitrogen and oxygen atoms in total. The van der Waals surface area contributed by atoms with Crippen LogP contribution in [0.25, 0.3) is 11.6 Å². The normalized spacial score (nSPS) is 11.3. The zero-order chi connectivity index (χ0) is 13.3. The third-order valence-electron chi connectivity index (χ3n) is 2.61. The van der Waals surface area contributed by atoms with Crippen molar-refractivity contribution in [1.29, 1.82) is 0 Å². The van der Waals surface area contributed by atoms with Gasteiger partial charge in [-0.1, -0.05) is 60.7 Å². The summed E-state index contributed by atoms with van der Waals surface area (Å²) in [5.41, 5.74) is 3.16. The van der Waals surface area contributed by atoms with E-state index in [4.69, 9.17) is 0 Å². The molecule has 0 saturated heterocycles. The molecule has 0 unspecified atom stereocenters. The molecule has 0 N–H and O–H groups in total. The summed E-state index contributed by atoms with van der Waals surface area (Å²) in [5.74, 6) is 0. The van der Waals surface area contributed by atoms with Gasteiger partial charge in [-0.15, -0.1) is 0 Å². The van der Waals surface area contributed by atoms with Crippen LogP contribution in [0.15, 0.2) is 77.9 Å². The molecule has 2 aromatic rings. The monoisotopic (exact) mass is 247 g/mol. The quantitative estimate of drug-likeness (QED) is 0.346. The van der Waals surface area contributed by atoms with E-state index in [0.29, 0.717) is 0 Å². The van der Waals surface area contributed by atoms with Gasteiger partial charge in [0.05, 0.1) is 0 Å². The molecule has 0 atom stereocenters. The highest BCUT2D eigenvalue weighted by Gasteiger charge is 1.97. The third-order valence-corrected chi connectivity index (χ3v) is 2.61. The Morgan fingerprint density at radius 2 is 1.58 bits per heavy atom. The number of hydrogen-bond donors (Lipinski definition) is 0. The maximum absolute atomic E-state index is 10.1. The van der Waals surface area contributed by atoms with Crippen molar-refractivity contribution in [3.05, 3.63) is 84.1 Å². The molecule has 0 spiro atoms. The van der Waals surface area contributed by atoms with Crippen molar-refractivity contribution in [2.24, 2.45) is 4.99 Å². The molecule has 0 aliphatic heterocycles. The molecule has 0 aliphatic rings. The fourth-order valence-corrected chi connectivity index (χ4v) is 1.74. The van der Waals surface area contributed by atoms with Crippen LogP contribution in [0, 0.1) is 0 Å². The SMILES string of the molecule is O=C=NC=CC(=Cc1ccccc1)c1ccccc1. The lowest BCUT2D eigenvalue weighted by molar-refractivity contribution is 0.565. The molecule has 2 aromatic carbocycles. The van der Waals surface area contributed by atoms with Gasteiger partial charge in [0.1, 0.15) is 0 Å². The molecule has 0 radical (unpaired) electrons. The molecule has 92 valence electrons. The van der Waals surface area contributed by atoms with Gasteiger partial charge in [-0.3, -0.25) is 0 Å². The highest BCUT2D eigenvalue weighted by Crippen LogP contribution is 2.19. The second-order valence-electron chi connectivity index (χ2n) is 3.91. The van der Waals surface area contributed by atoms with Crippen molar-refractivity contribution in [2.45, 2.75) is 0 Å². The van der Waals surface area contributed by atoms with E-state index in [1.54, 1.807) is 6.08 Å². The molecule has 0 saturated carbocycles. The molecule has 0 amide bonds. The van der Waals surface area contributed by atoms with Gasteiger partial charge in [0.2, 0.25) is 6.08 Å². The summed E-state index contributed by atoms with van der Waals surface area (Å²) in [7, 11) is 0. The van der Waals surface area contributed by atoms with Crippen molar-refractivity contribution >= 4 is 17.7 Å². The van der Waals surface area contributed by atoms with Gasteiger partial charge in [0, 0.05) is 6.20 Å². The van der Waals surface area contributed by atoms with E-state index in [2.05, 4.69) is 4.99 Å². The van der Waals surface area contributed by atoms with E-state index in [1.807, 2.05) is 66.7 Å². The number of benzene rings is 2. The van der Waals surface area contributed by atoms with Gasteiger partial charge in [0.25, 0.3) is 0 Å². The minimum Gasteiger partial charge on any atom is -0.211 e. The first-order chi connectivity index (χ1) is 9.40. The number of rotatable bonds is 4. The zero-order valence-corrected chi connectivity index (χ0v) is 10.4. The highest BCUT2D eigenvalue weighted by molar-refractivity contribution is 5.87. The van der Waals surface area contributed by atoms with Crippen LogP contribution >= 0.6 is 0 Å². The Bertz CT molecular complexity index is 621.